The molecule has 8 nitrogen and oxygen atoms in total. The van der Waals surface area contributed by atoms with Gasteiger partial charge in [-0.3, -0.25) is 14.0 Å². The zero-order valence-corrected chi connectivity index (χ0v) is 17.0. The summed E-state index contributed by atoms with van der Waals surface area (Å²) in [5.74, 6) is -0.936. The molecule has 2 aromatic heterocycles. The summed E-state index contributed by atoms with van der Waals surface area (Å²) in [7, 11) is 0. The lowest BCUT2D eigenvalue weighted by Crippen LogP contribution is -2.32. The molecular formula is C23H19FN4O4. The highest BCUT2D eigenvalue weighted by Gasteiger charge is 2.20. The molecule has 1 atom stereocenters. The molecule has 1 aromatic carbocycles. The monoisotopic (exact) mass is 434 g/mol. The van der Waals surface area contributed by atoms with E-state index in [1.165, 1.54) is 34.9 Å². The Balaban J connectivity index is 1.72. The number of carbonyl (C=O) groups excluding carboxylic acids is 1. The Kier molecular flexibility index (Phi) is 6.24. The summed E-state index contributed by atoms with van der Waals surface area (Å²) in [6.45, 7) is 0.914. The van der Waals surface area contributed by atoms with Crippen molar-refractivity contribution in [1.82, 2.24) is 14.7 Å². The number of aromatic nitrogens is 2. The standard InChI is InChI=1S/C23H19FN4O4/c24-16-6-8-17(9-7-16)32-22-19(23(30)28-10-2-1-5-20(28)27-22)12-15(13-25)21(29)26-14-18-4-3-11-31-18/h1-2,5-10,12,18H,3-4,11,14H2,(H,26,29)/b15-12+/t18-/m1/s1. The van der Waals surface area contributed by atoms with Crippen LogP contribution in [0.1, 0.15) is 18.4 Å². The molecule has 1 fully saturated rings. The highest BCUT2D eigenvalue weighted by atomic mass is 19.1. The van der Waals surface area contributed by atoms with Crippen LogP contribution in [0.4, 0.5) is 4.39 Å². The molecule has 0 bridgehead atoms. The number of carbonyl (C=O) groups is 1. The lowest BCUT2D eigenvalue weighted by atomic mass is 10.1. The molecule has 1 saturated heterocycles. The van der Waals surface area contributed by atoms with Gasteiger partial charge in [-0.2, -0.15) is 10.2 Å². The second-order valence-corrected chi connectivity index (χ2v) is 7.14. The summed E-state index contributed by atoms with van der Waals surface area (Å²) in [6.07, 6.45) is 4.33. The third kappa shape index (κ3) is 4.66. The van der Waals surface area contributed by atoms with E-state index >= 15 is 0 Å². The van der Waals surface area contributed by atoms with Crippen molar-refractivity contribution in [3.05, 3.63) is 76.0 Å². The summed E-state index contributed by atoms with van der Waals surface area (Å²) in [5.41, 5.74) is -0.566. The summed E-state index contributed by atoms with van der Waals surface area (Å²) in [6, 6.07) is 12.0. The Morgan fingerprint density at radius 1 is 1.34 bits per heavy atom. The van der Waals surface area contributed by atoms with Crippen molar-refractivity contribution in [3.8, 4) is 17.7 Å². The third-order valence-corrected chi connectivity index (χ3v) is 4.93. The Labute approximate surface area is 182 Å². The fourth-order valence-corrected chi connectivity index (χ4v) is 3.30. The van der Waals surface area contributed by atoms with Crippen molar-refractivity contribution in [3.63, 3.8) is 0 Å². The Hall–Kier alpha value is -4.03. The largest absolute Gasteiger partial charge is 0.438 e. The van der Waals surface area contributed by atoms with Crippen molar-refractivity contribution in [1.29, 1.82) is 5.26 Å². The Morgan fingerprint density at radius 3 is 2.88 bits per heavy atom. The van der Waals surface area contributed by atoms with Gasteiger partial charge in [-0.25, -0.2) is 4.39 Å². The summed E-state index contributed by atoms with van der Waals surface area (Å²) >= 11 is 0. The van der Waals surface area contributed by atoms with E-state index in [1.54, 1.807) is 18.2 Å². The number of nitrogens with zero attached hydrogens (tertiary/aromatic N) is 3. The first-order chi connectivity index (χ1) is 15.5. The molecule has 0 aliphatic carbocycles. The van der Waals surface area contributed by atoms with Crippen LogP contribution in [0.15, 0.2) is 59.0 Å². The van der Waals surface area contributed by atoms with Crippen LogP contribution in [0.5, 0.6) is 11.6 Å². The number of pyridine rings is 1. The van der Waals surface area contributed by atoms with Gasteiger partial charge in [-0.05, 0) is 55.3 Å². The van der Waals surface area contributed by atoms with Crippen LogP contribution in [-0.4, -0.2) is 34.5 Å². The first-order valence-electron chi connectivity index (χ1n) is 10.0. The van der Waals surface area contributed by atoms with Crippen LogP contribution in [0.25, 0.3) is 11.7 Å². The van der Waals surface area contributed by atoms with Crippen LogP contribution >= 0.6 is 0 Å². The summed E-state index contributed by atoms with van der Waals surface area (Å²) < 4.78 is 25.7. The van der Waals surface area contributed by atoms with Gasteiger partial charge >= 0.3 is 0 Å². The highest BCUT2D eigenvalue weighted by molar-refractivity contribution is 6.01. The van der Waals surface area contributed by atoms with Crippen molar-refractivity contribution in [2.75, 3.05) is 13.2 Å². The number of rotatable bonds is 6. The van der Waals surface area contributed by atoms with Crippen LogP contribution in [0, 0.1) is 17.1 Å². The first-order valence-corrected chi connectivity index (χ1v) is 10.0. The predicted molar refractivity (Wildman–Crippen MR) is 114 cm³/mol. The fraction of sp³-hybridized carbons (Fsp3) is 0.217. The van der Waals surface area contributed by atoms with E-state index in [1.807, 2.05) is 6.07 Å². The van der Waals surface area contributed by atoms with E-state index in [2.05, 4.69) is 10.3 Å². The van der Waals surface area contributed by atoms with Gasteiger partial charge in [0.25, 0.3) is 11.5 Å². The van der Waals surface area contributed by atoms with Crippen LogP contribution in [0.2, 0.25) is 0 Å². The quantitative estimate of drug-likeness (QED) is 0.472. The molecule has 0 spiro atoms. The average Bonchev–Trinajstić information content (AvgIpc) is 3.33. The van der Waals surface area contributed by atoms with Crippen LogP contribution in [0.3, 0.4) is 0 Å². The molecule has 162 valence electrons. The number of fused-ring (bicyclic) bond motifs is 1. The molecule has 0 radical (unpaired) electrons. The maximum atomic E-state index is 13.2. The summed E-state index contributed by atoms with van der Waals surface area (Å²) in [5, 5.41) is 12.2. The van der Waals surface area contributed by atoms with Crippen molar-refractivity contribution >= 4 is 17.6 Å². The van der Waals surface area contributed by atoms with Crippen molar-refractivity contribution in [2.24, 2.45) is 0 Å². The molecule has 3 heterocycles. The van der Waals surface area contributed by atoms with Gasteiger partial charge in [0.2, 0.25) is 5.88 Å². The van der Waals surface area contributed by atoms with Gasteiger partial charge in [0.05, 0.1) is 6.10 Å². The Bertz CT molecular complexity index is 1270. The van der Waals surface area contributed by atoms with E-state index in [4.69, 9.17) is 9.47 Å². The lowest BCUT2D eigenvalue weighted by Gasteiger charge is -2.11. The molecule has 32 heavy (non-hydrogen) atoms. The third-order valence-electron chi connectivity index (χ3n) is 4.93. The number of amides is 1. The smallest absolute Gasteiger partial charge is 0.269 e. The maximum absolute atomic E-state index is 13.2. The number of hydrogen-bond acceptors (Lipinski definition) is 6. The summed E-state index contributed by atoms with van der Waals surface area (Å²) in [4.78, 5) is 30.0. The minimum absolute atomic E-state index is 0.0816. The van der Waals surface area contributed by atoms with E-state index in [0.29, 0.717) is 12.3 Å². The van der Waals surface area contributed by atoms with Crippen LogP contribution < -0.4 is 15.6 Å². The topological polar surface area (TPSA) is 106 Å². The molecule has 0 saturated carbocycles. The van der Waals surface area contributed by atoms with E-state index in [0.717, 1.165) is 18.9 Å². The highest BCUT2D eigenvalue weighted by Crippen LogP contribution is 2.24. The number of nitrogens with one attached hydrogen (secondary N) is 1. The molecule has 9 heteroatoms. The van der Waals surface area contributed by atoms with Gasteiger partial charge in [0, 0.05) is 19.3 Å². The lowest BCUT2D eigenvalue weighted by molar-refractivity contribution is -0.117. The molecular weight excluding hydrogens is 415 g/mol. The molecule has 1 N–H and O–H groups in total. The Morgan fingerprint density at radius 2 is 2.16 bits per heavy atom. The second-order valence-electron chi connectivity index (χ2n) is 7.14. The van der Waals surface area contributed by atoms with Crippen LogP contribution in [-0.2, 0) is 9.53 Å². The minimum Gasteiger partial charge on any atom is -0.438 e. The fourth-order valence-electron chi connectivity index (χ4n) is 3.30. The molecule has 4 rings (SSSR count). The normalized spacial score (nSPS) is 16.0. The number of nitriles is 1. The SMILES string of the molecule is N#C/C(=C\c1c(Oc2ccc(F)cc2)nc2ccccn2c1=O)C(=O)NC[C@H]1CCCO1. The van der Waals surface area contributed by atoms with Gasteiger partial charge in [0.15, 0.2) is 0 Å². The van der Waals surface area contributed by atoms with Crippen molar-refractivity contribution < 1.29 is 18.7 Å². The van der Waals surface area contributed by atoms with Crippen molar-refractivity contribution in [2.45, 2.75) is 18.9 Å². The number of ether oxygens (including phenoxy) is 2. The second kappa shape index (κ2) is 9.41. The molecule has 1 amide bonds. The van der Waals surface area contributed by atoms with Gasteiger partial charge in [0.1, 0.15) is 34.4 Å². The first kappa shape index (κ1) is 21.2. The zero-order chi connectivity index (χ0) is 22.5. The minimum atomic E-state index is -0.631. The van der Waals surface area contributed by atoms with E-state index < -0.39 is 17.3 Å². The van der Waals surface area contributed by atoms with Gasteiger partial charge in [-0.1, -0.05) is 6.07 Å². The molecule has 1 aliphatic rings. The average molecular weight is 434 g/mol. The molecule has 3 aromatic rings. The number of benzene rings is 1. The van der Waals surface area contributed by atoms with Gasteiger partial charge in [-0.15, -0.1) is 0 Å². The molecule has 0 unspecified atom stereocenters. The van der Waals surface area contributed by atoms with E-state index in [-0.39, 0.29) is 35.4 Å². The number of halogens is 1. The zero-order valence-electron chi connectivity index (χ0n) is 17.0. The predicted octanol–water partition coefficient (Wildman–Crippen LogP) is 2.83. The number of hydrogen-bond donors (Lipinski definition) is 1. The van der Waals surface area contributed by atoms with Gasteiger partial charge < -0.3 is 14.8 Å². The molecule has 1 aliphatic heterocycles. The maximum Gasteiger partial charge on any atom is 0.269 e. The van der Waals surface area contributed by atoms with E-state index in [9.17, 15) is 19.2 Å².